The third-order valence-electron chi connectivity index (χ3n) is 10.4. The second-order valence-electron chi connectivity index (χ2n) is 20.9. The number of hydrogen-bond donors (Lipinski definition) is 29. The smallest absolute Gasteiger partial charge is 0.323 e. The van der Waals surface area contributed by atoms with Crippen molar-refractivity contribution in [3.8, 4) is 5.75 Å². The minimum atomic E-state index is -1.18. The van der Waals surface area contributed by atoms with Crippen LogP contribution < -0.4 is 74.5 Å². The molecule has 1 aromatic rings. The molecular formula is C55H109N13O30. The van der Waals surface area contributed by atoms with Crippen molar-refractivity contribution < 1.29 is 149 Å². The van der Waals surface area contributed by atoms with E-state index in [9.17, 15) is 67.1 Å². The first-order valence-corrected chi connectivity index (χ1v) is 28.8. The van der Waals surface area contributed by atoms with E-state index in [1.54, 1.807) is 26.0 Å². The van der Waals surface area contributed by atoms with Gasteiger partial charge in [-0.25, -0.2) is 0 Å². The van der Waals surface area contributed by atoms with Gasteiger partial charge >= 0.3 is 77.6 Å². The fourth-order valence-corrected chi connectivity index (χ4v) is 4.14. The molecule has 0 aliphatic rings. The first kappa shape index (κ1) is 110. The lowest BCUT2D eigenvalue weighted by Crippen LogP contribution is -2.39. The number of aliphatic hydroxyl groups is 2. The van der Waals surface area contributed by atoms with Crippen molar-refractivity contribution in [2.45, 2.75) is 205 Å². The molecule has 13 atom stereocenters. The molecule has 0 aliphatic heterocycles. The van der Waals surface area contributed by atoms with E-state index in [0.29, 0.717) is 25.3 Å². The number of carbonyl (C=O) groups is 14. The summed E-state index contributed by atoms with van der Waals surface area (Å²) < 4.78 is 0. The molecule has 0 spiro atoms. The van der Waals surface area contributed by atoms with E-state index in [4.69, 9.17) is 156 Å². The number of nitrogens with two attached hydrogens (primary N) is 13. The highest BCUT2D eigenvalue weighted by atomic mass is 16.4. The standard InChI is InChI=1S/C9H11NO3.C6H14N2O2.C6H13NO2.C5H10N2O3.2C5H9NO4.C5H11NO2.2C4H9NO3.2C3H7NO2/c10-8(9(12)13)5-6-1-3-7(11)4-2-6;7-4-2-1-3-5(8)6(9)10;1-4(2)3-5(7)6(8)9;3*6-3(5(9)10)1-2-4(7)8;1-3(2)4(6)5(7)8;2*1-2(6)3(5)4(7)8;2*1-2(4)3(5)6/h1-4,8,11H,5,10H2,(H,12,13);5H,1-4,7-8H2,(H,9,10);4-5H,3,7H2,1-2H3,(H,8,9);3H,1-2,6H2,(H2,7,8)(H,9,10);2*3H,1-2,6H2,(H,7,8)(H,9,10);3-4H,6H2,1-2H3,(H,7,8);2*2-3,6H,5H2,1H3,(H,7,8);2*2H,4H2,1H3,(H,5,6)/t8-;2*5-;3*3-;4-;2*2-,3+;2*2-/m00000001100/s1. The van der Waals surface area contributed by atoms with Crippen LogP contribution in [0.15, 0.2) is 24.3 Å². The molecule has 1 amide bonds. The predicted molar refractivity (Wildman–Crippen MR) is 348 cm³/mol. The molecule has 0 heterocycles. The maximum absolute atomic E-state index is 10.4. The van der Waals surface area contributed by atoms with Crippen LogP contribution in [0.4, 0.5) is 0 Å². The van der Waals surface area contributed by atoms with Crippen molar-refractivity contribution >= 4 is 83.5 Å². The number of phenols is 1. The van der Waals surface area contributed by atoms with Gasteiger partial charge in [0.2, 0.25) is 5.91 Å². The van der Waals surface area contributed by atoms with Gasteiger partial charge in [-0.15, -0.1) is 0 Å². The molecule has 43 nitrogen and oxygen atoms in total. The van der Waals surface area contributed by atoms with Crippen LogP contribution in [0.1, 0.15) is 125 Å². The molecule has 0 radical (unpaired) electrons. The van der Waals surface area contributed by atoms with E-state index in [1.165, 1.54) is 39.8 Å². The van der Waals surface area contributed by atoms with Crippen LogP contribution >= 0.6 is 0 Å². The van der Waals surface area contributed by atoms with E-state index >= 15 is 0 Å². The van der Waals surface area contributed by atoms with Crippen molar-refractivity contribution in [3.63, 3.8) is 0 Å². The Morgan fingerprint density at radius 1 is 0.357 bits per heavy atom. The van der Waals surface area contributed by atoms with E-state index in [-0.39, 0.29) is 56.6 Å². The number of hydrogen-bond acceptors (Lipinski definition) is 29. The average molecular weight is 1430 g/mol. The summed E-state index contributed by atoms with van der Waals surface area (Å²) in [7, 11) is 0. The molecule has 43 heteroatoms. The van der Waals surface area contributed by atoms with Crippen molar-refractivity contribution in [1.29, 1.82) is 0 Å². The van der Waals surface area contributed by atoms with Gasteiger partial charge in [0.25, 0.3) is 0 Å². The minimum Gasteiger partial charge on any atom is -0.508 e. The number of benzene rings is 1. The fourth-order valence-electron chi connectivity index (χ4n) is 4.14. The number of aromatic hydroxyl groups is 1. The lowest BCUT2D eigenvalue weighted by molar-refractivity contribution is -0.141. The topological polar surface area (TPSA) is 901 Å². The summed E-state index contributed by atoms with van der Waals surface area (Å²) >= 11 is 0. The van der Waals surface area contributed by atoms with Crippen molar-refractivity contribution in [3.05, 3.63) is 29.8 Å². The Morgan fingerprint density at radius 2 is 0.622 bits per heavy atom. The Labute approximate surface area is 564 Å². The highest BCUT2D eigenvalue weighted by Crippen LogP contribution is 2.11. The summed E-state index contributed by atoms with van der Waals surface area (Å²) in [5, 5.41) is 132. The second-order valence-corrected chi connectivity index (χ2v) is 20.9. The van der Waals surface area contributed by atoms with Crippen molar-refractivity contribution in [1.82, 2.24) is 0 Å². The van der Waals surface area contributed by atoms with Gasteiger partial charge in [-0.3, -0.25) is 67.1 Å². The maximum atomic E-state index is 10.4. The zero-order chi connectivity index (χ0) is 80.2. The molecule has 0 saturated heterocycles. The number of carboxylic acid groups (broad SMARTS) is 13. The molecule has 0 saturated carbocycles. The van der Waals surface area contributed by atoms with E-state index in [2.05, 4.69) is 0 Å². The first-order valence-electron chi connectivity index (χ1n) is 28.8. The van der Waals surface area contributed by atoms with Gasteiger partial charge < -0.3 is 156 Å². The Morgan fingerprint density at radius 3 is 0.786 bits per heavy atom. The minimum absolute atomic E-state index is 0.0208. The van der Waals surface area contributed by atoms with E-state index in [0.717, 1.165) is 18.4 Å². The zero-order valence-electron chi connectivity index (χ0n) is 55.8. The maximum Gasteiger partial charge on any atom is 0.323 e. The van der Waals surface area contributed by atoms with Crippen LogP contribution in [0, 0.1) is 11.8 Å². The molecule has 0 aromatic heterocycles. The highest BCUT2D eigenvalue weighted by molar-refractivity contribution is 5.78. The van der Waals surface area contributed by atoms with Gasteiger partial charge in [-0.05, 0) is 109 Å². The number of aliphatic carboxylic acids is 13. The normalized spacial score (nSPS) is 13.7. The Hall–Kier alpha value is -8.96. The third-order valence-corrected chi connectivity index (χ3v) is 10.4. The summed E-state index contributed by atoms with van der Waals surface area (Å²) in [4.78, 5) is 139. The highest BCUT2D eigenvalue weighted by Gasteiger charge is 2.19. The van der Waals surface area contributed by atoms with Crippen LogP contribution in [0.25, 0.3) is 0 Å². The van der Waals surface area contributed by atoms with Gasteiger partial charge in [0.05, 0.1) is 12.2 Å². The second kappa shape index (κ2) is 66.6. The summed E-state index contributed by atoms with van der Waals surface area (Å²) in [5.41, 5.74) is 66.2. The Balaban J connectivity index is -0.000000109. The number of unbranched alkanes of at least 4 members (excludes halogenated alkanes) is 1. The molecule has 0 bridgehead atoms. The molecule has 1 aromatic carbocycles. The molecular weight excluding hydrogens is 1320 g/mol. The summed E-state index contributed by atoms with van der Waals surface area (Å²) in [6.07, 6.45) is 0.705. The lowest BCUT2D eigenvalue weighted by Gasteiger charge is -2.07. The number of carboxylic acids is 13. The van der Waals surface area contributed by atoms with Gasteiger partial charge in [0, 0.05) is 19.3 Å². The Bertz CT molecular complexity index is 2270. The van der Waals surface area contributed by atoms with Crippen LogP contribution in [0.3, 0.4) is 0 Å². The molecule has 1 rings (SSSR count). The largest absolute Gasteiger partial charge is 0.508 e. The first-order chi connectivity index (χ1) is 44.4. The van der Waals surface area contributed by atoms with Gasteiger partial charge in [0.15, 0.2) is 0 Å². The number of rotatable bonds is 31. The van der Waals surface area contributed by atoms with Crippen LogP contribution in [-0.2, 0) is 73.5 Å². The Kier molecular flexibility index (Phi) is 75.1. The van der Waals surface area contributed by atoms with Gasteiger partial charge in [-0.1, -0.05) is 46.2 Å². The number of phenolic OH excluding ortho intramolecular Hbond substituents is 1. The zero-order valence-corrected chi connectivity index (χ0v) is 55.8. The summed E-state index contributed by atoms with van der Waals surface area (Å²) in [6.45, 7) is 13.6. The van der Waals surface area contributed by atoms with Crippen LogP contribution in [0.2, 0.25) is 0 Å². The van der Waals surface area contributed by atoms with Crippen LogP contribution in [-0.4, -0.2) is 250 Å². The van der Waals surface area contributed by atoms with Gasteiger partial charge in [0.1, 0.15) is 72.2 Å². The predicted octanol–water partition coefficient (Wildman–Crippen LogP) is -6.04. The molecule has 42 N–H and O–H groups in total. The van der Waals surface area contributed by atoms with Crippen LogP contribution in [0.5, 0.6) is 5.75 Å². The number of aliphatic hydroxyl groups excluding tert-OH is 2. The fraction of sp³-hybridized carbons (Fsp3) is 0.636. The summed E-state index contributed by atoms with van der Waals surface area (Å²) in [5.74, 6) is -13.6. The number of carbonyl (C=O) groups excluding carboxylic acids is 1. The van der Waals surface area contributed by atoms with Crippen molar-refractivity contribution in [2.75, 3.05) is 6.54 Å². The monoisotopic (exact) mass is 1430 g/mol. The molecule has 574 valence electrons. The van der Waals surface area contributed by atoms with Gasteiger partial charge in [-0.2, -0.15) is 0 Å². The average Bonchev–Trinajstić information content (AvgIpc) is 0.957. The quantitative estimate of drug-likeness (QED) is 0.0308. The molecule has 0 aliphatic carbocycles. The third kappa shape index (κ3) is 89.1. The summed E-state index contributed by atoms with van der Waals surface area (Å²) in [6, 6.07) is -3.57. The molecule has 0 fully saturated rings. The number of amides is 1. The van der Waals surface area contributed by atoms with E-state index in [1.807, 2.05) is 13.8 Å². The van der Waals surface area contributed by atoms with Crippen molar-refractivity contribution in [2.24, 2.45) is 86.4 Å². The lowest BCUT2D eigenvalue weighted by atomic mass is 10.1. The van der Waals surface area contributed by atoms with E-state index < -0.39 is 162 Å². The SMILES string of the molecule is CC(C)C[C@H](N)C(=O)O.CC(C)[C@H](N)C(=O)O.C[C@@H](O)[C@H](N)C(=O)O.C[C@@H](O)[C@H](N)C(=O)O.C[C@H](N)C(=O)O.C[C@H](N)C(=O)O.NC(=O)CC[C@H](N)C(=O)O.NCCCC[C@H](N)C(=O)O.N[C@@H](CCC(=O)O)C(=O)O.N[C@@H](CCC(=O)O)C(=O)O.N[C@@H](Cc1ccc(O)cc1)C(=O)O. The molecule has 0 unspecified atom stereocenters. The number of primary amides is 1. The molecule has 98 heavy (non-hydrogen) atoms.